The third-order valence-corrected chi connectivity index (χ3v) is 12.1. The van der Waals surface area contributed by atoms with Crippen LogP contribution in [0.2, 0.25) is 0 Å². The molecule has 0 saturated heterocycles. The summed E-state index contributed by atoms with van der Waals surface area (Å²) in [5, 5.41) is 10.7. The van der Waals surface area contributed by atoms with Gasteiger partial charge in [0.1, 0.15) is 11.2 Å². The van der Waals surface area contributed by atoms with Gasteiger partial charge in [-0.05, 0) is 169 Å². The molecule has 6 heteroatoms. The van der Waals surface area contributed by atoms with Crippen LogP contribution in [0.25, 0.3) is 54.9 Å². The summed E-state index contributed by atoms with van der Waals surface area (Å²) in [6, 6.07) is 39.2. The van der Waals surface area contributed by atoms with Crippen molar-refractivity contribution in [3.05, 3.63) is 120 Å². The molecule has 2 unspecified atom stereocenters. The number of amides is 2. The first-order valence-electron chi connectivity index (χ1n) is 23.9. The lowest BCUT2D eigenvalue weighted by molar-refractivity contribution is 0.0624. The SMILES string of the molecule is CCCCCCC(C)c1cc(-c2ccc(NC(=O)OC(C)(C)C)cc2)c2ccccc2c1-c1c(C(C)CCCCCC)cc(-c2ccc(NC(=O)OC(C)(C)C)cc2)c2ccccc12. The fourth-order valence-corrected chi connectivity index (χ4v) is 8.98. The molecular weight excluding hydrogens is 789 g/mol. The van der Waals surface area contributed by atoms with Gasteiger partial charge in [0.15, 0.2) is 0 Å². The summed E-state index contributed by atoms with van der Waals surface area (Å²) in [6.45, 7) is 20.6. The van der Waals surface area contributed by atoms with E-state index in [0.29, 0.717) is 23.2 Å². The van der Waals surface area contributed by atoms with Gasteiger partial charge in [-0.15, -0.1) is 0 Å². The van der Waals surface area contributed by atoms with Gasteiger partial charge in [0, 0.05) is 11.4 Å². The predicted molar refractivity (Wildman–Crippen MR) is 272 cm³/mol. The van der Waals surface area contributed by atoms with E-state index in [1.165, 1.54) is 106 Å². The summed E-state index contributed by atoms with van der Waals surface area (Å²) in [5.41, 5.74) is 10.2. The van der Waals surface area contributed by atoms with E-state index in [1.54, 1.807) is 0 Å². The van der Waals surface area contributed by atoms with Crippen molar-refractivity contribution < 1.29 is 19.1 Å². The van der Waals surface area contributed by atoms with Gasteiger partial charge in [0.25, 0.3) is 0 Å². The Morgan fingerprint density at radius 2 is 0.828 bits per heavy atom. The van der Waals surface area contributed by atoms with Crippen LogP contribution in [-0.2, 0) is 9.47 Å². The molecule has 0 spiro atoms. The molecule has 0 aliphatic rings. The zero-order valence-electron chi connectivity index (χ0n) is 40.3. The molecule has 6 nitrogen and oxygen atoms in total. The van der Waals surface area contributed by atoms with E-state index < -0.39 is 23.4 Å². The van der Waals surface area contributed by atoms with E-state index in [-0.39, 0.29) is 0 Å². The quantitative estimate of drug-likeness (QED) is 0.0896. The third-order valence-electron chi connectivity index (χ3n) is 12.1. The van der Waals surface area contributed by atoms with E-state index in [9.17, 15) is 9.59 Å². The minimum absolute atomic E-state index is 0.305. The molecule has 0 saturated carbocycles. The van der Waals surface area contributed by atoms with Gasteiger partial charge in [0.05, 0.1) is 0 Å². The lowest BCUT2D eigenvalue weighted by Crippen LogP contribution is -2.27. The number of benzene rings is 6. The van der Waals surface area contributed by atoms with Crippen molar-refractivity contribution in [2.45, 2.75) is 156 Å². The van der Waals surface area contributed by atoms with Crippen LogP contribution in [0.1, 0.15) is 156 Å². The van der Waals surface area contributed by atoms with E-state index in [4.69, 9.17) is 9.47 Å². The Balaban J connectivity index is 1.56. The highest BCUT2D eigenvalue weighted by molar-refractivity contribution is 6.14. The van der Waals surface area contributed by atoms with Crippen molar-refractivity contribution in [1.82, 2.24) is 0 Å². The maximum atomic E-state index is 12.7. The Morgan fingerprint density at radius 3 is 1.16 bits per heavy atom. The summed E-state index contributed by atoms with van der Waals surface area (Å²) in [4.78, 5) is 25.3. The second-order valence-corrected chi connectivity index (χ2v) is 19.8. The molecule has 6 aromatic carbocycles. The fourth-order valence-electron chi connectivity index (χ4n) is 8.98. The Hall–Kier alpha value is -5.62. The number of anilines is 2. The normalized spacial score (nSPS) is 12.8. The van der Waals surface area contributed by atoms with Crippen molar-refractivity contribution in [2.75, 3.05) is 10.6 Å². The first kappa shape index (κ1) is 47.8. The number of fused-ring (bicyclic) bond motifs is 2. The van der Waals surface area contributed by atoms with Gasteiger partial charge in [-0.3, -0.25) is 10.6 Å². The number of hydrogen-bond donors (Lipinski definition) is 2. The van der Waals surface area contributed by atoms with Gasteiger partial charge in [-0.25, -0.2) is 9.59 Å². The van der Waals surface area contributed by atoms with Crippen molar-refractivity contribution in [3.8, 4) is 33.4 Å². The Labute approximate surface area is 383 Å². The number of ether oxygens (including phenoxy) is 2. The fraction of sp³-hybridized carbons (Fsp3) is 0.414. The van der Waals surface area contributed by atoms with E-state index in [2.05, 4.69) is 123 Å². The standard InChI is InChI=1S/C58H72N2O4/c1-11-13-15-17-23-39(3)49-37-51(41-29-33-43(34-30-41)59-55(61)63-57(5,6)7)45-25-19-21-27-47(45)53(49)54-48-28-22-20-26-46(48)52(38-50(54)40(4)24-18-16-14-12-2)42-31-35-44(36-32-42)60-56(62)64-58(8,9)10/h19-22,25-40H,11-18,23-24H2,1-10H3,(H,59,61)(H,60,62). The molecule has 2 N–H and O–H groups in total. The third kappa shape index (κ3) is 12.3. The molecule has 0 radical (unpaired) electrons. The lowest BCUT2D eigenvalue weighted by atomic mass is 9.76. The zero-order valence-corrected chi connectivity index (χ0v) is 40.3. The van der Waals surface area contributed by atoms with Crippen molar-refractivity contribution in [1.29, 1.82) is 0 Å². The zero-order chi connectivity index (χ0) is 46.0. The monoisotopic (exact) mass is 861 g/mol. The minimum atomic E-state index is -0.583. The summed E-state index contributed by atoms with van der Waals surface area (Å²) < 4.78 is 11.1. The smallest absolute Gasteiger partial charge is 0.412 e. The maximum absolute atomic E-state index is 12.7. The van der Waals surface area contributed by atoms with Crippen LogP contribution in [0.3, 0.4) is 0 Å². The van der Waals surface area contributed by atoms with Crippen LogP contribution in [0.4, 0.5) is 21.0 Å². The second-order valence-electron chi connectivity index (χ2n) is 19.8. The highest BCUT2D eigenvalue weighted by Gasteiger charge is 2.26. The van der Waals surface area contributed by atoms with E-state index in [0.717, 1.165) is 24.0 Å². The molecular formula is C58H72N2O4. The molecule has 0 fully saturated rings. The Morgan fingerprint density at radius 1 is 0.484 bits per heavy atom. The average Bonchev–Trinajstić information content (AvgIpc) is 3.25. The number of hydrogen-bond acceptors (Lipinski definition) is 4. The summed E-state index contributed by atoms with van der Waals surface area (Å²) >= 11 is 0. The molecule has 64 heavy (non-hydrogen) atoms. The summed E-state index contributed by atoms with van der Waals surface area (Å²) in [6.07, 6.45) is 11.0. The van der Waals surface area contributed by atoms with Crippen LogP contribution in [0, 0.1) is 0 Å². The summed E-state index contributed by atoms with van der Waals surface area (Å²) in [5.74, 6) is 0.610. The molecule has 2 atom stereocenters. The minimum Gasteiger partial charge on any atom is -0.444 e. The first-order chi connectivity index (χ1) is 30.6. The molecule has 6 rings (SSSR count). The highest BCUT2D eigenvalue weighted by Crippen LogP contribution is 2.49. The molecule has 0 heterocycles. The van der Waals surface area contributed by atoms with Crippen LogP contribution in [0.15, 0.2) is 109 Å². The van der Waals surface area contributed by atoms with Gasteiger partial charge >= 0.3 is 12.2 Å². The van der Waals surface area contributed by atoms with Gasteiger partial charge in [-0.1, -0.05) is 152 Å². The van der Waals surface area contributed by atoms with Crippen molar-refractivity contribution in [2.24, 2.45) is 0 Å². The molecule has 0 aliphatic heterocycles. The van der Waals surface area contributed by atoms with Gasteiger partial charge in [0.2, 0.25) is 0 Å². The van der Waals surface area contributed by atoms with E-state index in [1.807, 2.05) is 65.8 Å². The van der Waals surface area contributed by atoms with Crippen molar-refractivity contribution in [3.63, 3.8) is 0 Å². The van der Waals surface area contributed by atoms with Crippen molar-refractivity contribution >= 4 is 45.1 Å². The lowest BCUT2D eigenvalue weighted by Gasteiger charge is -2.27. The van der Waals surface area contributed by atoms with Gasteiger partial charge in [-0.2, -0.15) is 0 Å². The number of unbranched alkanes of at least 4 members (excludes halogenated alkanes) is 6. The maximum Gasteiger partial charge on any atom is 0.412 e. The molecule has 338 valence electrons. The molecule has 0 bridgehead atoms. The highest BCUT2D eigenvalue weighted by atomic mass is 16.6. The number of nitrogens with one attached hydrogen (secondary N) is 2. The number of rotatable bonds is 17. The van der Waals surface area contributed by atoms with E-state index >= 15 is 0 Å². The predicted octanol–water partition coefficient (Wildman–Crippen LogP) is 17.8. The largest absolute Gasteiger partial charge is 0.444 e. The summed E-state index contributed by atoms with van der Waals surface area (Å²) in [7, 11) is 0. The molecule has 2 amide bonds. The first-order valence-corrected chi connectivity index (χ1v) is 23.9. The number of carbonyl (C=O) groups excluding carboxylic acids is 2. The second kappa shape index (κ2) is 21.4. The van der Waals surface area contributed by atoms with Crippen LogP contribution in [0.5, 0.6) is 0 Å². The molecule has 6 aromatic rings. The number of carbonyl (C=O) groups is 2. The Kier molecular flexibility index (Phi) is 16.0. The van der Waals surface area contributed by atoms with Crippen LogP contribution >= 0.6 is 0 Å². The van der Waals surface area contributed by atoms with Crippen LogP contribution in [-0.4, -0.2) is 23.4 Å². The van der Waals surface area contributed by atoms with Crippen LogP contribution < -0.4 is 10.6 Å². The Bertz CT molecular complexity index is 2330. The molecule has 0 aromatic heterocycles. The van der Waals surface area contributed by atoms with Gasteiger partial charge < -0.3 is 9.47 Å². The molecule has 0 aliphatic carbocycles. The average molecular weight is 861 g/mol. The topological polar surface area (TPSA) is 76.7 Å².